The number of hydrogen-bond donors (Lipinski definition) is 0. The molecule has 0 aliphatic carbocycles. The van der Waals surface area contributed by atoms with Gasteiger partial charge in [0.15, 0.2) is 12.1 Å². The third-order valence-corrected chi connectivity index (χ3v) is 3.09. The summed E-state index contributed by atoms with van der Waals surface area (Å²) in [5.41, 5.74) is 2.87. The lowest BCUT2D eigenvalue weighted by molar-refractivity contribution is -0.104. The molecule has 0 aromatic heterocycles. The Labute approximate surface area is 118 Å². The molecule has 0 aliphatic heterocycles. The highest BCUT2D eigenvalue weighted by atomic mass is 35.5. The summed E-state index contributed by atoms with van der Waals surface area (Å²) < 4.78 is 0. The topological polar surface area (TPSA) is 34.1 Å². The lowest BCUT2D eigenvalue weighted by atomic mass is 9.96. The van der Waals surface area contributed by atoms with Crippen LogP contribution in [0, 0.1) is 6.92 Å². The zero-order valence-corrected chi connectivity index (χ0v) is 12.1. The van der Waals surface area contributed by atoms with Gasteiger partial charge in [0, 0.05) is 11.1 Å². The summed E-state index contributed by atoms with van der Waals surface area (Å²) in [7, 11) is 0. The zero-order chi connectivity index (χ0) is 14.4. The van der Waals surface area contributed by atoms with Crippen LogP contribution >= 0.6 is 11.6 Å². The Balaban J connectivity index is 3.20. The van der Waals surface area contributed by atoms with Crippen molar-refractivity contribution >= 4 is 23.7 Å². The molecule has 0 atom stereocenters. The van der Waals surface area contributed by atoms with E-state index in [-0.39, 0.29) is 10.8 Å². The van der Waals surface area contributed by atoms with E-state index in [1.54, 1.807) is 12.1 Å². The second-order valence-electron chi connectivity index (χ2n) is 4.57. The minimum atomic E-state index is -0.187. The number of ketones is 1. The molecule has 19 heavy (non-hydrogen) atoms. The first-order valence-corrected chi connectivity index (χ1v) is 6.42. The van der Waals surface area contributed by atoms with Crippen LogP contribution in [0.15, 0.2) is 46.5 Å². The standard InChI is InChI=1S/C16H17ClO2/c1-11(2)8-9-14(15(17)10-18)16(19)13-7-5-4-6-12(13)3/h4-8,10H,9H2,1-3H3/b15-14+. The van der Waals surface area contributed by atoms with E-state index in [0.29, 0.717) is 23.8 Å². The molecule has 3 heteroatoms. The number of halogens is 1. The highest BCUT2D eigenvalue weighted by Crippen LogP contribution is 2.21. The van der Waals surface area contributed by atoms with Crippen LogP contribution in [0.3, 0.4) is 0 Å². The molecule has 0 unspecified atom stereocenters. The number of benzene rings is 1. The van der Waals surface area contributed by atoms with Gasteiger partial charge in [-0.05, 0) is 32.8 Å². The van der Waals surface area contributed by atoms with Gasteiger partial charge in [0.05, 0.1) is 5.03 Å². The average Bonchev–Trinajstić information content (AvgIpc) is 2.38. The fourth-order valence-corrected chi connectivity index (χ4v) is 1.83. The highest BCUT2D eigenvalue weighted by molar-refractivity contribution is 6.41. The van der Waals surface area contributed by atoms with E-state index in [1.807, 2.05) is 39.0 Å². The van der Waals surface area contributed by atoms with Crippen molar-refractivity contribution in [1.82, 2.24) is 0 Å². The van der Waals surface area contributed by atoms with Gasteiger partial charge in [0.25, 0.3) is 0 Å². The van der Waals surface area contributed by atoms with Gasteiger partial charge in [-0.15, -0.1) is 0 Å². The smallest absolute Gasteiger partial charge is 0.191 e. The van der Waals surface area contributed by atoms with Gasteiger partial charge >= 0.3 is 0 Å². The summed E-state index contributed by atoms with van der Waals surface area (Å²) in [6.45, 7) is 5.73. The zero-order valence-electron chi connectivity index (χ0n) is 11.4. The molecule has 1 rings (SSSR count). The van der Waals surface area contributed by atoms with Crippen LogP contribution in [0.1, 0.15) is 36.2 Å². The molecule has 100 valence electrons. The molecule has 0 radical (unpaired) electrons. The highest BCUT2D eigenvalue weighted by Gasteiger charge is 2.16. The fourth-order valence-electron chi connectivity index (χ4n) is 1.67. The molecular weight excluding hydrogens is 260 g/mol. The minimum Gasteiger partial charge on any atom is -0.297 e. The molecule has 0 amide bonds. The Morgan fingerprint density at radius 1 is 1.26 bits per heavy atom. The predicted molar refractivity (Wildman–Crippen MR) is 78.5 cm³/mol. The van der Waals surface area contributed by atoms with Crippen LogP contribution in [-0.4, -0.2) is 12.1 Å². The summed E-state index contributed by atoms with van der Waals surface area (Å²) in [4.78, 5) is 23.3. The Bertz CT molecular complexity index is 550. The number of hydrogen-bond acceptors (Lipinski definition) is 2. The van der Waals surface area contributed by atoms with Crippen molar-refractivity contribution in [2.75, 3.05) is 0 Å². The van der Waals surface area contributed by atoms with Crippen molar-refractivity contribution in [3.8, 4) is 0 Å². The Kier molecular flexibility index (Phi) is 5.71. The third-order valence-electron chi connectivity index (χ3n) is 2.77. The van der Waals surface area contributed by atoms with Crippen molar-refractivity contribution in [2.24, 2.45) is 0 Å². The first-order valence-electron chi connectivity index (χ1n) is 6.05. The molecule has 0 heterocycles. The Morgan fingerprint density at radius 2 is 1.89 bits per heavy atom. The van der Waals surface area contributed by atoms with Gasteiger partial charge in [0.1, 0.15) is 0 Å². The van der Waals surface area contributed by atoms with Crippen molar-refractivity contribution in [3.63, 3.8) is 0 Å². The van der Waals surface area contributed by atoms with Gasteiger partial charge < -0.3 is 0 Å². The maximum Gasteiger partial charge on any atom is 0.191 e. The maximum absolute atomic E-state index is 12.4. The molecule has 1 aromatic carbocycles. The van der Waals surface area contributed by atoms with E-state index in [2.05, 4.69) is 0 Å². The van der Waals surface area contributed by atoms with Gasteiger partial charge in [-0.25, -0.2) is 0 Å². The predicted octanol–water partition coefficient (Wildman–Crippen LogP) is 4.23. The molecule has 1 aromatic rings. The van der Waals surface area contributed by atoms with Crippen LogP contribution in [0.4, 0.5) is 0 Å². The molecule has 0 saturated heterocycles. The van der Waals surface area contributed by atoms with Crippen molar-refractivity contribution in [1.29, 1.82) is 0 Å². The van der Waals surface area contributed by atoms with Crippen molar-refractivity contribution in [2.45, 2.75) is 27.2 Å². The van der Waals surface area contributed by atoms with E-state index in [0.717, 1.165) is 11.1 Å². The fraction of sp³-hybridized carbons (Fsp3) is 0.250. The SMILES string of the molecule is CC(C)=CC/C(C(=O)c1ccccc1C)=C(\Cl)C=O. The molecule has 0 fully saturated rings. The largest absolute Gasteiger partial charge is 0.297 e. The molecular formula is C16H17ClO2. The lowest BCUT2D eigenvalue weighted by Gasteiger charge is -2.08. The summed E-state index contributed by atoms with van der Waals surface area (Å²) in [5.74, 6) is -0.187. The van der Waals surface area contributed by atoms with Crippen LogP contribution in [-0.2, 0) is 4.79 Å². The van der Waals surface area contributed by atoms with Crippen LogP contribution in [0.5, 0.6) is 0 Å². The first kappa shape index (κ1) is 15.4. The van der Waals surface area contributed by atoms with Crippen LogP contribution in [0.25, 0.3) is 0 Å². The lowest BCUT2D eigenvalue weighted by Crippen LogP contribution is -2.07. The molecule has 0 saturated carbocycles. The number of carbonyl (C=O) groups excluding carboxylic acids is 2. The maximum atomic E-state index is 12.4. The van der Waals surface area contributed by atoms with E-state index >= 15 is 0 Å². The monoisotopic (exact) mass is 276 g/mol. The average molecular weight is 277 g/mol. The number of carbonyl (C=O) groups is 2. The van der Waals surface area contributed by atoms with Gasteiger partial charge in [-0.3, -0.25) is 9.59 Å². The van der Waals surface area contributed by atoms with E-state index in [9.17, 15) is 9.59 Å². The molecule has 0 N–H and O–H groups in total. The number of aryl methyl sites for hydroxylation is 1. The van der Waals surface area contributed by atoms with Crippen molar-refractivity contribution < 1.29 is 9.59 Å². The van der Waals surface area contributed by atoms with E-state index < -0.39 is 0 Å². The molecule has 0 aliphatic rings. The van der Waals surface area contributed by atoms with Gasteiger partial charge in [-0.2, -0.15) is 0 Å². The quantitative estimate of drug-likeness (QED) is 0.349. The van der Waals surface area contributed by atoms with Gasteiger partial charge in [0.2, 0.25) is 0 Å². The molecule has 2 nitrogen and oxygen atoms in total. The summed E-state index contributed by atoms with van der Waals surface area (Å²) in [6, 6.07) is 7.27. The van der Waals surface area contributed by atoms with Crippen molar-refractivity contribution in [3.05, 3.63) is 57.6 Å². The van der Waals surface area contributed by atoms with Crippen LogP contribution < -0.4 is 0 Å². The summed E-state index contributed by atoms with van der Waals surface area (Å²) in [5, 5.41) is -0.0225. The normalized spacial score (nSPS) is 11.6. The minimum absolute atomic E-state index is 0.0225. The summed E-state index contributed by atoms with van der Waals surface area (Å²) >= 11 is 5.87. The Morgan fingerprint density at radius 3 is 2.42 bits per heavy atom. The second kappa shape index (κ2) is 7.05. The number of Topliss-reactive ketones (excluding diaryl/α,β-unsaturated/α-hetero) is 1. The third kappa shape index (κ3) is 4.18. The number of rotatable bonds is 5. The summed E-state index contributed by atoms with van der Waals surface area (Å²) in [6.07, 6.45) is 2.77. The van der Waals surface area contributed by atoms with Crippen LogP contribution in [0.2, 0.25) is 0 Å². The second-order valence-corrected chi connectivity index (χ2v) is 4.98. The molecule has 0 spiro atoms. The van der Waals surface area contributed by atoms with Gasteiger partial charge in [-0.1, -0.05) is 47.5 Å². The number of allylic oxidation sites excluding steroid dienone is 4. The first-order chi connectivity index (χ1) is 8.97. The Hall–Kier alpha value is -1.67. The number of aldehydes is 1. The van der Waals surface area contributed by atoms with E-state index in [1.165, 1.54) is 0 Å². The molecule has 0 bridgehead atoms. The van der Waals surface area contributed by atoms with E-state index in [4.69, 9.17) is 11.6 Å².